The Balaban J connectivity index is 2.10. The quantitative estimate of drug-likeness (QED) is 0.820. The van der Waals surface area contributed by atoms with Crippen LogP contribution in [0.25, 0.3) is 0 Å². The highest BCUT2D eigenvalue weighted by Crippen LogP contribution is 2.26. The molecule has 18 heavy (non-hydrogen) atoms. The van der Waals surface area contributed by atoms with E-state index in [1.165, 1.54) is 29.7 Å². The highest BCUT2D eigenvalue weighted by Gasteiger charge is 2.15. The molecule has 0 atom stereocenters. The highest BCUT2D eigenvalue weighted by atomic mass is 15.1. The van der Waals surface area contributed by atoms with Crippen LogP contribution in [-0.2, 0) is 13.0 Å². The van der Waals surface area contributed by atoms with Gasteiger partial charge in [-0.3, -0.25) is 5.32 Å². The van der Waals surface area contributed by atoms with Crippen LogP contribution in [0.3, 0.4) is 0 Å². The lowest BCUT2D eigenvalue weighted by molar-refractivity contribution is 0.491. The summed E-state index contributed by atoms with van der Waals surface area (Å²) in [5, 5.41) is 3.39. The molecule has 0 spiro atoms. The van der Waals surface area contributed by atoms with Crippen LogP contribution < -0.4 is 10.2 Å². The van der Waals surface area contributed by atoms with E-state index in [2.05, 4.69) is 41.4 Å². The first-order valence-electron chi connectivity index (χ1n) is 6.57. The van der Waals surface area contributed by atoms with Crippen molar-refractivity contribution in [2.45, 2.75) is 38.8 Å². The molecule has 0 radical (unpaired) electrons. The monoisotopic (exact) mass is 242 g/mol. The highest BCUT2D eigenvalue weighted by molar-refractivity contribution is 5.56. The summed E-state index contributed by atoms with van der Waals surface area (Å²) in [5.74, 6) is 2.76. The largest absolute Gasteiger partial charge is 0.374 e. The van der Waals surface area contributed by atoms with Crippen LogP contribution >= 0.6 is 0 Å². The van der Waals surface area contributed by atoms with Gasteiger partial charge in [0, 0.05) is 25.8 Å². The van der Waals surface area contributed by atoms with Crippen LogP contribution in [0.1, 0.15) is 31.4 Å². The zero-order valence-corrected chi connectivity index (χ0v) is 11.6. The molecule has 0 saturated carbocycles. The van der Waals surface area contributed by atoms with Crippen molar-refractivity contribution in [3.05, 3.63) is 29.3 Å². The van der Waals surface area contributed by atoms with E-state index in [0.29, 0.717) is 0 Å². The third-order valence-corrected chi connectivity index (χ3v) is 3.59. The van der Waals surface area contributed by atoms with E-state index in [1.54, 1.807) is 0 Å². The van der Waals surface area contributed by atoms with Gasteiger partial charge >= 0.3 is 0 Å². The first kappa shape index (κ1) is 13.0. The number of nitrogens with one attached hydrogen (secondary N) is 1. The molecule has 0 amide bonds. The maximum atomic E-state index is 5.48. The van der Waals surface area contributed by atoms with Crippen LogP contribution in [0.2, 0.25) is 0 Å². The van der Waals surface area contributed by atoms with Crippen molar-refractivity contribution in [1.29, 1.82) is 0 Å². The standard InChI is InChI=1S/C16H22N2/c1-5-16(2,3)17-12-13-8-9-15-14(11-13)7-6-10-18(15)4/h1,8-9,11,17H,6-7,10,12H2,2-4H3. The van der Waals surface area contributed by atoms with Gasteiger partial charge in [0.25, 0.3) is 0 Å². The molecular formula is C16H22N2. The molecule has 0 bridgehead atoms. The molecule has 0 fully saturated rings. The maximum absolute atomic E-state index is 5.48. The molecule has 2 nitrogen and oxygen atoms in total. The smallest absolute Gasteiger partial charge is 0.0743 e. The predicted molar refractivity (Wildman–Crippen MR) is 77.8 cm³/mol. The van der Waals surface area contributed by atoms with Crippen LogP contribution in [0.15, 0.2) is 18.2 Å². The van der Waals surface area contributed by atoms with Crippen LogP contribution in [0, 0.1) is 12.3 Å². The summed E-state index contributed by atoms with van der Waals surface area (Å²) < 4.78 is 0. The summed E-state index contributed by atoms with van der Waals surface area (Å²) in [5.41, 5.74) is 3.90. The van der Waals surface area contributed by atoms with Gasteiger partial charge in [-0.1, -0.05) is 18.1 Å². The minimum Gasteiger partial charge on any atom is -0.374 e. The number of anilines is 1. The molecule has 1 N–H and O–H groups in total. The SMILES string of the molecule is C#CC(C)(C)NCc1ccc2c(c1)CCCN2C. The molecule has 1 heterocycles. The number of rotatable bonds is 3. The predicted octanol–water partition coefficient (Wildman–Crippen LogP) is 2.57. The lowest BCUT2D eigenvalue weighted by Gasteiger charge is -2.28. The summed E-state index contributed by atoms with van der Waals surface area (Å²) in [7, 11) is 2.16. The summed E-state index contributed by atoms with van der Waals surface area (Å²) in [6.45, 7) is 6.04. The molecule has 96 valence electrons. The lowest BCUT2D eigenvalue weighted by atomic mass is 9.99. The molecule has 1 aliphatic heterocycles. The molecule has 2 heteroatoms. The molecule has 0 aliphatic carbocycles. The molecule has 1 aromatic carbocycles. The van der Waals surface area contributed by atoms with E-state index >= 15 is 0 Å². The second-order valence-corrected chi connectivity index (χ2v) is 5.61. The molecular weight excluding hydrogens is 220 g/mol. The van der Waals surface area contributed by atoms with Gasteiger partial charge in [-0.05, 0) is 43.9 Å². The van der Waals surface area contributed by atoms with Gasteiger partial charge < -0.3 is 4.90 Å². The van der Waals surface area contributed by atoms with E-state index in [9.17, 15) is 0 Å². The number of terminal acetylenes is 1. The van der Waals surface area contributed by atoms with Gasteiger partial charge in [-0.15, -0.1) is 6.42 Å². The molecule has 2 rings (SSSR count). The van der Waals surface area contributed by atoms with Crippen molar-refractivity contribution in [3.63, 3.8) is 0 Å². The molecule has 0 unspecified atom stereocenters. The average Bonchev–Trinajstić information content (AvgIpc) is 2.37. The van der Waals surface area contributed by atoms with Crippen LogP contribution in [-0.4, -0.2) is 19.1 Å². The number of hydrogen-bond donors (Lipinski definition) is 1. The maximum Gasteiger partial charge on any atom is 0.0743 e. The van der Waals surface area contributed by atoms with Gasteiger partial charge in [-0.25, -0.2) is 0 Å². The minimum atomic E-state index is -0.243. The second kappa shape index (κ2) is 5.04. The van der Waals surface area contributed by atoms with Gasteiger partial charge in [0.05, 0.1) is 5.54 Å². The van der Waals surface area contributed by atoms with E-state index in [0.717, 1.165) is 13.1 Å². The Hall–Kier alpha value is -1.46. The van der Waals surface area contributed by atoms with Gasteiger partial charge in [-0.2, -0.15) is 0 Å². The second-order valence-electron chi connectivity index (χ2n) is 5.61. The zero-order valence-electron chi connectivity index (χ0n) is 11.6. The van der Waals surface area contributed by atoms with Crippen LogP contribution in [0.5, 0.6) is 0 Å². The normalized spacial score (nSPS) is 15.1. The van der Waals surface area contributed by atoms with Gasteiger partial charge in [0.15, 0.2) is 0 Å². The Kier molecular flexibility index (Phi) is 3.63. The van der Waals surface area contributed by atoms with Crippen LogP contribution in [0.4, 0.5) is 5.69 Å². The Labute approximate surface area is 110 Å². The third kappa shape index (κ3) is 2.86. The fourth-order valence-corrected chi connectivity index (χ4v) is 2.32. The number of hydrogen-bond acceptors (Lipinski definition) is 2. The van der Waals surface area contributed by atoms with E-state index in [1.807, 2.05) is 13.8 Å². The number of nitrogens with zero attached hydrogens (tertiary/aromatic N) is 1. The Bertz CT molecular complexity index is 468. The minimum absolute atomic E-state index is 0.243. The third-order valence-electron chi connectivity index (χ3n) is 3.59. The number of fused-ring (bicyclic) bond motifs is 1. The first-order chi connectivity index (χ1) is 8.52. The molecule has 1 aromatic rings. The van der Waals surface area contributed by atoms with Gasteiger partial charge in [0.1, 0.15) is 0 Å². The Morgan fingerprint density at radius 1 is 1.44 bits per heavy atom. The fraction of sp³-hybridized carbons (Fsp3) is 0.500. The average molecular weight is 242 g/mol. The Morgan fingerprint density at radius 3 is 2.94 bits per heavy atom. The van der Waals surface area contributed by atoms with E-state index in [4.69, 9.17) is 6.42 Å². The van der Waals surface area contributed by atoms with Crippen molar-refractivity contribution in [1.82, 2.24) is 5.32 Å². The summed E-state index contributed by atoms with van der Waals surface area (Å²) in [6.07, 6.45) is 7.91. The zero-order chi connectivity index (χ0) is 13.2. The van der Waals surface area contributed by atoms with Crippen molar-refractivity contribution in [3.8, 4) is 12.3 Å². The van der Waals surface area contributed by atoms with E-state index in [-0.39, 0.29) is 5.54 Å². The van der Waals surface area contributed by atoms with Crippen molar-refractivity contribution < 1.29 is 0 Å². The van der Waals surface area contributed by atoms with Crippen molar-refractivity contribution >= 4 is 5.69 Å². The molecule has 0 saturated heterocycles. The number of benzene rings is 1. The topological polar surface area (TPSA) is 15.3 Å². The fourth-order valence-electron chi connectivity index (χ4n) is 2.32. The van der Waals surface area contributed by atoms with E-state index < -0.39 is 0 Å². The first-order valence-corrected chi connectivity index (χ1v) is 6.57. The molecule has 0 aromatic heterocycles. The summed E-state index contributed by atoms with van der Waals surface area (Å²) in [6, 6.07) is 6.74. The molecule has 1 aliphatic rings. The number of aryl methyl sites for hydroxylation is 1. The van der Waals surface area contributed by atoms with Gasteiger partial charge in [0.2, 0.25) is 0 Å². The lowest BCUT2D eigenvalue weighted by Crippen LogP contribution is -2.37. The summed E-state index contributed by atoms with van der Waals surface area (Å²) >= 11 is 0. The van der Waals surface area contributed by atoms with Crippen molar-refractivity contribution in [2.75, 3.05) is 18.5 Å². The van der Waals surface area contributed by atoms with Crippen molar-refractivity contribution in [2.24, 2.45) is 0 Å². The summed E-state index contributed by atoms with van der Waals surface area (Å²) in [4.78, 5) is 2.33. The Morgan fingerprint density at radius 2 is 2.22 bits per heavy atom.